The number of aryl methyl sites for hydroxylation is 1. The Morgan fingerprint density at radius 3 is 2.62 bits per heavy atom. The molecule has 29 heavy (non-hydrogen) atoms. The first-order valence-corrected chi connectivity index (χ1v) is 11.0. The van der Waals surface area contributed by atoms with Gasteiger partial charge in [0, 0.05) is 21.2 Å². The minimum Gasteiger partial charge on any atom is -0.322 e. The maximum atomic E-state index is 12.6. The summed E-state index contributed by atoms with van der Waals surface area (Å²) in [5, 5.41) is 15.0. The Balaban J connectivity index is 1.66. The summed E-state index contributed by atoms with van der Waals surface area (Å²) in [5.41, 5.74) is 1.13. The molecule has 2 aromatic carbocycles. The molecule has 0 saturated heterocycles. The monoisotopic (exact) mass is 446 g/mol. The van der Waals surface area contributed by atoms with Crippen LogP contribution in [0.2, 0.25) is 5.02 Å². The Bertz CT molecular complexity index is 1020. The predicted molar refractivity (Wildman–Crippen MR) is 119 cm³/mol. The van der Waals surface area contributed by atoms with Crippen LogP contribution >= 0.6 is 34.7 Å². The van der Waals surface area contributed by atoms with Gasteiger partial charge in [-0.05, 0) is 49.7 Å². The van der Waals surface area contributed by atoms with E-state index in [2.05, 4.69) is 20.8 Å². The molecule has 1 aromatic heterocycles. The number of halogens is 1. The summed E-state index contributed by atoms with van der Waals surface area (Å²) in [6.07, 6.45) is 0.646. The van der Waals surface area contributed by atoms with Gasteiger partial charge in [0.15, 0.2) is 0 Å². The van der Waals surface area contributed by atoms with Gasteiger partial charge in [-0.3, -0.25) is 14.9 Å². The Labute approximate surface area is 182 Å². The van der Waals surface area contributed by atoms with E-state index in [1.807, 2.05) is 32.0 Å². The van der Waals surface area contributed by atoms with Crippen molar-refractivity contribution < 1.29 is 9.59 Å². The Morgan fingerprint density at radius 1 is 1.14 bits per heavy atom. The van der Waals surface area contributed by atoms with Gasteiger partial charge in [-0.1, -0.05) is 42.0 Å². The highest BCUT2D eigenvalue weighted by atomic mass is 35.5. The molecule has 9 heteroatoms. The van der Waals surface area contributed by atoms with Gasteiger partial charge < -0.3 is 5.32 Å². The fourth-order valence-electron chi connectivity index (χ4n) is 2.50. The maximum Gasteiger partial charge on any atom is 0.255 e. The van der Waals surface area contributed by atoms with Crippen molar-refractivity contribution in [3.63, 3.8) is 0 Å². The number of benzene rings is 2. The van der Waals surface area contributed by atoms with Crippen molar-refractivity contribution >= 4 is 57.3 Å². The van der Waals surface area contributed by atoms with E-state index >= 15 is 0 Å². The minimum atomic E-state index is -0.293. The second-order valence-corrected chi connectivity index (χ2v) is 9.02. The number of anilines is 2. The van der Waals surface area contributed by atoms with Crippen molar-refractivity contribution in [1.82, 2.24) is 10.2 Å². The molecule has 0 fully saturated rings. The lowest BCUT2D eigenvalue weighted by molar-refractivity contribution is -0.115. The van der Waals surface area contributed by atoms with Crippen LogP contribution in [0.25, 0.3) is 0 Å². The van der Waals surface area contributed by atoms with Crippen molar-refractivity contribution in [3.8, 4) is 0 Å². The first-order valence-electron chi connectivity index (χ1n) is 8.89. The molecule has 0 radical (unpaired) electrons. The zero-order valence-corrected chi connectivity index (χ0v) is 18.2. The molecule has 2 amide bonds. The molecule has 3 rings (SSSR count). The Kier molecular flexibility index (Phi) is 7.24. The lowest BCUT2D eigenvalue weighted by Crippen LogP contribution is -2.24. The van der Waals surface area contributed by atoms with Crippen LogP contribution < -0.4 is 10.6 Å². The maximum absolute atomic E-state index is 12.6. The molecule has 2 N–H and O–H groups in total. The standard InChI is InChI=1S/C20H19ClN4O2S2/c1-3-17(19(27)23-20-25-24-12(2)28-20)29-16-9-5-8-15(11-16)22-18(26)13-6-4-7-14(21)10-13/h4-11,17H,3H2,1-2H3,(H,22,26)(H,23,25,27). The Morgan fingerprint density at radius 2 is 1.93 bits per heavy atom. The molecule has 6 nitrogen and oxygen atoms in total. The molecular formula is C20H19ClN4O2S2. The van der Waals surface area contributed by atoms with Crippen LogP contribution in [0.3, 0.4) is 0 Å². The number of hydrogen-bond donors (Lipinski definition) is 2. The third-order valence-electron chi connectivity index (χ3n) is 3.88. The lowest BCUT2D eigenvalue weighted by atomic mass is 10.2. The van der Waals surface area contributed by atoms with Gasteiger partial charge in [-0.15, -0.1) is 22.0 Å². The van der Waals surface area contributed by atoms with Crippen molar-refractivity contribution in [1.29, 1.82) is 0 Å². The zero-order chi connectivity index (χ0) is 20.8. The topological polar surface area (TPSA) is 84.0 Å². The quantitative estimate of drug-likeness (QED) is 0.483. The zero-order valence-electron chi connectivity index (χ0n) is 15.8. The van der Waals surface area contributed by atoms with E-state index in [1.54, 1.807) is 30.3 Å². The van der Waals surface area contributed by atoms with Crippen molar-refractivity contribution in [2.45, 2.75) is 30.4 Å². The summed E-state index contributed by atoms with van der Waals surface area (Å²) in [7, 11) is 0. The average molecular weight is 447 g/mol. The molecular weight excluding hydrogens is 428 g/mol. The second kappa shape index (κ2) is 9.87. The molecule has 0 spiro atoms. The van der Waals surface area contributed by atoms with Crippen molar-refractivity contribution in [2.24, 2.45) is 0 Å². The van der Waals surface area contributed by atoms with Crippen molar-refractivity contribution in [2.75, 3.05) is 10.6 Å². The summed E-state index contributed by atoms with van der Waals surface area (Å²) in [6.45, 7) is 3.79. The lowest BCUT2D eigenvalue weighted by Gasteiger charge is -2.14. The van der Waals surface area contributed by atoms with Crippen LogP contribution in [-0.2, 0) is 4.79 Å². The number of carbonyl (C=O) groups is 2. The average Bonchev–Trinajstić information content (AvgIpc) is 3.11. The fourth-order valence-corrected chi connectivity index (χ4v) is 4.30. The minimum absolute atomic E-state index is 0.123. The van der Waals surface area contributed by atoms with Crippen LogP contribution in [0.4, 0.5) is 10.8 Å². The Hall–Kier alpha value is -2.42. The van der Waals surface area contributed by atoms with Gasteiger partial charge in [0.1, 0.15) is 5.01 Å². The van der Waals surface area contributed by atoms with Crippen LogP contribution in [0.5, 0.6) is 0 Å². The molecule has 0 saturated carbocycles. The molecule has 1 unspecified atom stereocenters. The number of thioether (sulfide) groups is 1. The largest absolute Gasteiger partial charge is 0.322 e. The summed E-state index contributed by atoms with van der Waals surface area (Å²) in [4.78, 5) is 25.9. The number of nitrogens with one attached hydrogen (secondary N) is 2. The summed E-state index contributed by atoms with van der Waals surface area (Å²) >= 11 is 8.72. The number of amides is 2. The predicted octanol–water partition coefficient (Wildman–Crippen LogP) is 5.26. The molecule has 0 aliphatic carbocycles. The molecule has 1 heterocycles. The number of aromatic nitrogens is 2. The van der Waals surface area contributed by atoms with E-state index in [1.165, 1.54) is 23.1 Å². The van der Waals surface area contributed by atoms with Gasteiger partial charge >= 0.3 is 0 Å². The SMILES string of the molecule is CCC(Sc1cccc(NC(=O)c2cccc(Cl)c2)c1)C(=O)Nc1nnc(C)s1. The normalized spacial score (nSPS) is 11.7. The highest BCUT2D eigenvalue weighted by molar-refractivity contribution is 8.00. The molecule has 0 bridgehead atoms. The van der Waals surface area contributed by atoms with E-state index in [0.717, 1.165) is 9.90 Å². The van der Waals surface area contributed by atoms with Crippen LogP contribution in [0.1, 0.15) is 28.7 Å². The second-order valence-electron chi connectivity index (χ2n) is 6.12. The van der Waals surface area contributed by atoms with Gasteiger partial charge in [-0.2, -0.15) is 0 Å². The van der Waals surface area contributed by atoms with E-state index in [9.17, 15) is 9.59 Å². The first-order chi connectivity index (χ1) is 13.9. The van der Waals surface area contributed by atoms with Crippen LogP contribution in [0.15, 0.2) is 53.4 Å². The van der Waals surface area contributed by atoms with Gasteiger partial charge in [-0.25, -0.2) is 0 Å². The van der Waals surface area contributed by atoms with E-state index < -0.39 is 0 Å². The van der Waals surface area contributed by atoms with Crippen LogP contribution in [-0.4, -0.2) is 27.3 Å². The summed E-state index contributed by atoms with van der Waals surface area (Å²) in [6, 6.07) is 14.2. The summed E-state index contributed by atoms with van der Waals surface area (Å²) in [5.74, 6) is -0.368. The van der Waals surface area contributed by atoms with Crippen molar-refractivity contribution in [3.05, 3.63) is 64.1 Å². The number of carbonyl (C=O) groups excluding carboxylic acids is 2. The summed E-state index contributed by atoms with van der Waals surface area (Å²) < 4.78 is 0. The van der Waals surface area contributed by atoms with Gasteiger partial charge in [0.25, 0.3) is 5.91 Å². The van der Waals surface area contributed by atoms with E-state index in [0.29, 0.717) is 27.8 Å². The van der Waals surface area contributed by atoms with E-state index in [-0.39, 0.29) is 17.1 Å². The first kappa shape index (κ1) is 21.3. The molecule has 0 aliphatic rings. The number of hydrogen-bond acceptors (Lipinski definition) is 6. The third kappa shape index (κ3) is 6.03. The van der Waals surface area contributed by atoms with Gasteiger partial charge in [0.05, 0.1) is 5.25 Å². The smallest absolute Gasteiger partial charge is 0.255 e. The highest BCUT2D eigenvalue weighted by Crippen LogP contribution is 2.29. The third-order valence-corrected chi connectivity index (χ3v) is 6.22. The highest BCUT2D eigenvalue weighted by Gasteiger charge is 2.19. The van der Waals surface area contributed by atoms with Gasteiger partial charge in [0.2, 0.25) is 11.0 Å². The fraction of sp³-hybridized carbons (Fsp3) is 0.200. The number of nitrogens with zero attached hydrogens (tertiary/aromatic N) is 2. The number of rotatable bonds is 7. The molecule has 150 valence electrons. The van der Waals surface area contributed by atoms with E-state index in [4.69, 9.17) is 11.6 Å². The van der Waals surface area contributed by atoms with Crippen LogP contribution in [0, 0.1) is 6.92 Å². The molecule has 3 aromatic rings. The molecule has 0 aliphatic heterocycles. The molecule has 1 atom stereocenters.